The predicted molar refractivity (Wildman–Crippen MR) is 114 cm³/mol. The molecular weight excluding hydrogens is 383 g/mol. The van der Waals surface area contributed by atoms with Gasteiger partial charge >= 0.3 is 0 Å². The highest BCUT2D eigenvalue weighted by Gasteiger charge is 2.25. The number of allylic oxidation sites excluding steroid dienone is 2. The van der Waals surface area contributed by atoms with Gasteiger partial charge in [-0.15, -0.1) is 0 Å². The highest BCUT2D eigenvalue weighted by molar-refractivity contribution is 5.87. The van der Waals surface area contributed by atoms with E-state index in [1.54, 1.807) is 18.3 Å². The lowest BCUT2D eigenvalue weighted by Crippen LogP contribution is -2.30. The maximum atomic E-state index is 13.4. The van der Waals surface area contributed by atoms with Crippen molar-refractivity contribution in [2.45, 2.75) is 38.2 Å². The Hall–Kier alpha value is -2.31. The first-order chi connectivity index (χ1) is 14.7. The van der Waals surface area contributed by atoms with Crippen molar-refractivity contribution in [2.75, 3.05) is 32.8 Å². The molecule has 0 spiro atoms. The fraction of sp³-hybridized carbons (Fsp3) is 0.500. The molecule has 30 heavy (non-hydrogen) atoms. The zero-order valence-electron chi connectivity index (χ0n) is 17.3. The third-order valence-electron chi connectivity index (χ3n) is 5.77. The summed E-state index contributed by atoms with van der Waals surface area (Å²) in [5.41, 5.74) is 1.86. The van der Waals surface area contributed by atoms with Crippen LogP contribution in [0.3, 0.4) is 0 Å². The fourth-order valence-electron chi connectivity index (χ4n) is 4.31. The lowest BCUT2D eigenvalue weighted by Gasteiger charge is -2.29. The van der Waals surface area contributed by atoms with E-state index in [4.69, 9.17) is 9.47 Å². The number of hydrogen-bond acceptors (Lipinski definition) is 4. The average Bonchev–Trinajstić information content (AvgIpc) is 3.25. The van der Waals surface area contributed by atoms with E-state index in [0.29, 0.717) is 18.8 Å². The third-order valence-corrected chi connectivity index (χ3v) is 5.77. The number of likely N-dealkylation sites (tertiary alicyclic amines) is 1. The number of carbonyl (C=O) groups excluding carboxylic acids is 1. The molecule has 0 aromatic heterocycles. The lowest BCUT2D eigenvalue weighted by molar-refractivity contribution is -0.117. The SMILES string of the molecule is O=C(Cc1cccc(F)c1)N=C[C@@H](CC1=CCC2OCCOC2=C1)CN1CCCC1. The average molecular weight is 413 g/mol. The Morgan fingerprint density at radius 1 is 1.30 bits per heavy atom. The van der Waals surface area contributed by atoms with Gasteiger partial charge < -0.3 is 14.4 Å². The number of hydrogen-bond donors (Lipinski definition) is 0. The van der Waals surface area contributed by atoms with E-state index >= 15 is 0 Å². The summed E-state index contributed by atoms with van der Waals surface area (Å²) in [5, 5.41) is 0. The first-order valence-electron chi connectivity index (χ1n) is 10.8. The van der Waals surface area contributed by atoms with Crippen LogP contribution >= 0.6 is 0 Å². The van der Waals surface area contributed by atoms with Gasteiger partial charge in [-0.3, -0.25) is 4.79 Å². The Morgan fingerprint density at radius 2 is 2.17 bits per heavy atom. The van der Waals surface area contributed by atoms with E-state index in [2.05, 4.69) is 22.0 Å². The smallest absolute Gasteiger partial charge is 0.249 e. The molecule has 2 saturated heterocycles. The van der Waals surface area contributed by atoms with Gasteiger partial charge in [0.1, 0.15) is 24.3 Å². The van der Waals surface area contributed by atoms with Crippen LogP contribution in [0.5, 0.6) is 0 Å². The molecule has 1 amide bonds. The minimum atomic E-state index is -0.333. The number of carbonyl (C=O) groups is 1. The Balaban J connectivity index is 1.40. The number of aliphatic imine (C=N–C) groups is 1. The van der Waals surface area contributed by atoms with Crippen LogP contribution in [0.15, 0.2) is 52.7 Å². The number of halogens is 1. The summed E-state index contributed by atoms with van der Waals surface area (Å²) >= 11 is 0. The van der Waals surface area contributed by atoms with Crippen molar-refractivity contribution in [3.63, 3.8) is 0 Å². The normalized spacial score (nSPS) is 22.9. The molecule has 0 radical (unpaired) electrons. The van der Waals surface area contributed by atoms with Crippen molar-refractivity contribution in [3.8, 4) is 0 Å². The van der Waals surface area contributed by atoms with Gasteiger partial charge in [0.15, 0.2) is 0 Å². The van der Waals surface area contributed by atoms with E-state index in [-0.39, 0.29) is 30.2 Å². The van der Waals surface area contributed by atoms with Gasteiger partial charge in [0.2, 0.25) is 5.91 Å². The second kappa shape index (κ2) is 10.1. The molecule has 160 valence electrons. The van der Waals surface area contributed by atoms with Gasteiger partial charge in [-0.25, -0.2) is 9.38 Å². The van der Waals surface area contributed by atoms with Crippen LogP contribution in [0.1, 0.15) is 31.2 Å². The molecule has 3 aliphatic rings. The molecule has 2 heterocycles. The topological polar surface area (TPSA) is 51.1 Å². The first kappa shape index (κ1) is 20.9. The molecule has 5 nitrogen and oxygen atoms in total. The quantitative estimate of drug-likeness (QED) is 0.641. The fourth-order valence-corrected chi connectivity index (χ4v) is 4.31. The monoisotopic (exact) mass is 412 g/mol. The second-order valence-electron chi connectivity index (χ2n) is 8.22. The zero-order chi connectivity index (χ0) is 20.8. The van der Waals surface area contributed by atoms with Crippen LogP contribution in [0, 0.1) is 11.7 Å². The minimum Gasteiger partial charge on any atom is -0.493 e. The molecule has 0 N–H and O–H groups in total. The number of nitrogens with zero attached hydrogens (tertiary/aromatic N) is 2. The number of benzene rings is 1. The summed E-state index contributed by atoms with van der Waals surface area (Å²) in [6.07, 6.45) is 10.3. The number of ether oxygens (including phenoxy) is 2. The maximum absolute atomic E-state index is 13.4. The molecule has 1 aromatic rings. The number of rotatable bonds is 7. The molecule has 1 unspecified atom stereocenters. The van der Waals surface area contributed by atoms with Gasteiger partial charge in [0.05, 0.1) is 13.0 Å². The highest BCUT2D eigenvalue weighted by atomic mass is 19.1. The van der Waals surface area contributed by atoms with Gasteiger partial charge in [-0.1, -0.05) is 18.2 Å². The van der Waals surface area contributed by atoms with Crippen molar-refractivity contribution in [1.29, 1.82) is 0 Å². The van der Waals surface area contributed by atoms with Crippen molar-refractivity contribution >= 4 is 12.1 Å². The molecule has 1 aromatic carbocycles. The Morgan fingerprint density at radius 3 is 3.00 bits per heavy atom. The summed E-state index contributed by atoms with van der Waals surface area (Å²) in [6, 6.07) is 6.13. The molecule has 0 bridgehead atoms. The summed E-state index contributed by atoms with van der Waals surface area (Å²) < 4.78 is 24.9. The van der Waals surface area contributed by atoms with Crippen molar-refractivity contribution in [2.24, 2.45) is 10.9 Å². The standard InChI is InChI=1S/C24H29FN2O3/c25-21-5-3-4-18(13-21)15-24(28)26-16-20(17-27-8-1-2-9-27)12-19-6-7-22-23(14-19)30-11-10-29-22/h3-6,13-14,16,20,22H,1-2,7-12,15,17H2/t20-,22?/m1/s1. The van der Waals surface area contributed by atoms with Crippen LogP contribution in [0.4, 0.5) is 4.39 Å². The van der Waals surface area contributed by atoms with Crippen molar-refractivity contribution in [1.82, 2.24) is 4.90 Å². The van der Waals surface area contributed by atoms with Crippen LogP contribution in [0.25, 0.3) is 0 Å². The maximum Gasteiger partial charge on any atom is 0.249 e. The van der Waals surface area contributed by atoms with Gasteiger partial charge in [-0.05, 0) is 68.1 Å². The van der Waals surface area contributed by atoms with E-state index in [1.165, 1.54) is 30.5 Å². The summed E-state index contributed by atoms with van der Waals surface area (Å²) in [7, 11) is 0. The van der Waals surface area contributed by atoms with Crippen LogP contribution in [0.2, 0.25) is 0 Å². The molecular formula is C24H29FN2O3. The van der Waals surface area contributed by atoms with E-state index < -0.39 is 0 Å². The zero-order valence-corrected chi connectivity index (χ0v) is 17.3. The van der Waals surface area contributed by atoms with E-state index in [9.17, 15) is 9.18 Å². The molecule has 2 atom stereocenters. The van der Waals surface area contributed by atoms with Gasteiger partial charge in [0.25, 0.3) is 0 Å². The molecule has 1 aliphatic carbocycles. The van der Waals surface area contributed by atoms with Gasteiger partial charge in [0, 0.05) is 18.7 Å². The van der Waals surface area contributed by atoms with Crippen LogP contribution in [-0.2, 0) is 20.7 Å². The Kier molecular flexibility index (Phi) is 7.07. The lowest BCUT2D eigenvalue weighted by atomic mass is 9.93. The summed E-state index contributed by atoms with van der Waals surface area (Å²) in [4.78, 5) is 19.0. The van der Waals surface area contributed by atoms with Crippen LogP contribution in [-0.4, -0.2) is 56.0 Å². The number of fused-ring (bicyclic) bond motifs is 1. The van der Waals surface area contributed by atoms with Gasteiger partial charge in [-0.2, -0.15) is 0 Å². The highest BCUT2D eigenvalue weighted by Crippen LogP contribution is 2.28. The minimum absolute atomic E-state index is 0.0426. The number of amides is 1. The Labute approximate surface area is 177 Å². The first-order valence-corrected chi connectivity index (χ1v) is 10.8. The van der Waals surface area contributed by atoms with Crippen molar-refractivity contribution < 1.29 is 18.7 Å². The predicted octanol–water partition coefficient (Wildman–Crippen LogP) is 3.70. The second-order valence-corrected chi connectivity index (χ2v) is 8.22. The van der Waals surface area contributed by atoms with E-state index in [0.717, 1.165) is 38.2 Å². The molecule has 2 fully saturated rings. The van der Waals surface area contributed by atoms with E-state index in [1.807, 2.05) is 0 Å². The Bertz CT molecular complexity index is 843. The molecule has 0 saturated carbocycles. The largest absolute Gasteiger partial charge is 0.493 e. The molecule has 4 rings (SSSR count). The van der Waals surface area contributed by atoms with Crippen LogP contribution < -0.4 is 0 Å². The molecule has 2 aliphatic heterocycles. The third kappa shape index (κ3) is 5.86. The molecule has 6 heteroatoms. The van der Waals surface area contributed by atoms with Crippen molar-refractivity contribution in [3.05, 3.63) is 59.1 Å². The summed E-state index contributed by atoms with van der Waals surface area (Å²) in [5.74, 6) is 0.481. The summed E-state index contributed by atoms with van der Waals surface area (Å²) in [6.45, 7) is 4.32.